The summed E-state index contributed by atoms with van der Waals surface area (Å²) in [6.45, 7) is 7.79. The molecule has 0 unspecified atom stereocenters. The number of amides is 1. The van der Waals surface area contributed by atoms with Crippen LogP contribution in [0.2, 0.25) is 0 Å². The third-order valence-corrected chi connectivity index (χ3v) is 7.33. The standard InChI is InChI=1S/C28H36N2O3/c1-4-15-30-16-13-23(19-33-25-11-7-22-8-12-28(32)27(22)18-25)26(14-17-30)21-5-9-24(10-6-21)29(3)20(2)31/h5-7,9-11,18,23,26H,4,8,12-17,19H2,1-3H3/t23-,26-/m0/s1. The molecular weight excluding hydrogens is 412 g/mol. The second kappa shape index (κ2) is 10.5. The molecule has 2 atom stereocenters. The van der Waals surface area contributed by atoms with Gasteiger partial charge in [-0.05, 0) is 86.6 Å². The van der Waals surface area contributed by atoms with Crippen molar-refractivity contribution in [1.29, 1.82) is 0 Å². The number of anilines is 1. The second-order valence-electron chi connectivity index (χ2n) is 9.51. The van der Waals surface area contributed by atoms with E-state index in [1.165, 1.54) is 12.0 Å². The Balaban J connectivity index is 1.51. The number of benzene rings is 2. The molecule has 5 heteroatoms. The number of nitrogens with zero attached hydrogens (tertiary/aromatic N) is 2. The predicted molar refractivity (Wildman–Crippen MR) is 132 cm³/mol. The Bertz CT molecular complexity index is 985. The fraction of sp³-hybridized carbons (Fsp3) is 0.500. The quantitative estimate of drug-likeness (QED) is 0.593. The van der Waals surface area contributed by atoms with Crippen LogP contribution in [-0.4, -0.2) is 49.9 Å². The van der Waals surface area contributed by atoms with Gasteiger partial charge in [-0.1, -0.05) is 25.1 Å². The van der Waals surface area contributed by atoms with Crippen LogP contribution in [0.25, 0.3) is 0 Å². The number of carbonyl (C=O) groups is 2. The van der Waals surface area contributed by atoms with E-state index in [-0.39, 0.29) is 11.7 Å². The average Bonchev–Trinajstić information content (AvgIpc) is 3.07. The van der Waals surface area contributed by atoms with Gasteiger partial charge in [-0.3, -0.25) is 9.59 Å². The Morgan fingerprint density at radius 3 is 2.58 bits per heavy atom. The van der Waals surface area contributed by atoms with Gasteiger partial charge in [-0.25, -0.2) is 0 Å². The monoisotopic (exact) mass is 448 g/mol. The van der Waals surface area contributed by atoms with Crippen molar-refractivity contribution in [2.24, 2.45) is 5.92 Å². The van der Waals surface area contributed by atoms with Gasteiger partial charge in [0.15, 0.2) is 5.78 Å². The zero-order valence-corrected chi connectivity index (χ0v) is 20.2. The first-order valence-electron chi connectivity index (χ1n) is 12.3. The number of fused-ring (bicyclic) bond motifs is 1. The SMILES string of the molecule is CCCN1CC[C@@H](COc2ccc3c(c2)C(=O)CC3)[C@H](c2ccc(N(C)C(C)=O)cc2)CC1. The van der Waals surface area contributed by atoms with Crippen molar-refractivity contribution in [3.63, 3.8) is 0 Å². The number of aryl methyl sites for hydroxylation is 1. The molecule has 2 aromatic carbocycles. The molecule has 2 aromatic rings. The number of carbonyl (C=O) groups excluding carboxylic acids is 2. The molecule has 0 radical (unpaired) electrons. The van der Waals surface area contributed by atoms with E-state index in [2.05, 4.69) is 36.1 Å². The topological polar surface area (TPSA) is 49.9 Å². The van der Waals surface area contributed by atoms with Crippen molar-refractivity contribution in [3.05, 3.63) is 59.2 Å². The van der Waals surface area contributed by atoms with Crippen LogP contribution in [0.4, 0.5) is 5.69 Å². The molecule has 1 aliphatic carbocycles. The summed E-state index contributed by atoms with van der Waals surface area (Å²) in [6, 6.07) is 14.5. The fourth-order valence-corrected chi connectivity index (χ4v) is 5.23. The number of rotatable bonds is 7. The molecule has 4 rings (SSSR count). The molecule has 0 aromatic heterocycles. The number of hydrogen-bond donors (Lipinski definition) is 0. The molecule has 5 nitrogen and oxygen atoms in total. The van der Waals surface area contributed by atoms with Gasteiger partial charge in [0.25, 0.3) is 0 Å². The Labute approximate surface area is 197 Å². The highest BCUT2D eigenvalue weighted by Gasteiger charge is 2.29. The number of hydrogen-bond acceptors (Lipinski definition) is 4. The summed E-state index contributed by atoms with van der Waals surface area (Å²) in [5.41, 5.74) is 4.21. The van der Waals surface area contributed by atoms with Crippen LogP contribution in [-0.2, 0) is 11.2 Å². The third-order valence-electron chi connectivity index (χ3n) is 7.33. The van der Waals surface area contributed by atoms with E-state index in [0.717, 1.165) is 61.5 Å². The highest BCUT2D eigenvalue weighted by molar-refractivity contribution is 6.00. The van der Waals surface area contributed by atoms with Crippen LogP contribution < -0.4 is 9.64 Å². The summed E-state index contributed by atoms with van der Waals surface area (Å²) in [7, 11) is 1.81. The Hall–Kier alpha value is -2.66. The summed E-state index contributed by atoms with van der Waals surface area (Å²) in [5, 5.41) is 0. The van der Waals surface area contributed by atoms with Crippen molar-refractivity contribution >= 4 is 17.4 Å². The average molecular weight is 449 g/mol. The van der Waals surface area contributed by atoms with E-state index in [1.807, 2.05) is 25.2 Å². The number of Topliss-reactive ketones (excluding diaryl/α,β-unsaturated/α-hetero) is 1. The Morgan fingerprint density at radius 1 is 1.09 bits per heavy atom. The van der Waals surface area contributed by atoms with Crippen LogP contribution in [0.15, 0.2) is 42.5 Å². The third kappa shape index (κ3) is 5.47. The summed E-state index contributed by atoms with van der Waals surface area (Å²) < 4.78 is 6.29. The first-order valence-corrected chi connectivity index (χ1v) is 12.3. The van der Waals surface area contributed by atoms with Crippen molar-refractivity contribution < 1.29 is 14.3 Å². The summed E-state index contributed by atoms with van der Waals surface area (Å²) in [6.07, 6.45) is 4.82. The maximum absolute atomic E-state index is 12.1. The van der Waals surface area contributed by atoms with Crippen molar-refractivity contribution in [2.75, 3.05) is 38.2 Å². The molecule has 1 heterocycles. The minimum atomic E-state index is 0.0338. The highest BCUT2D eigenvalue weighted by Crippen LogP contribution is 2.35. The van der Waals surface area contributed by atoms with E-state index in [0.29, 0.717) is 24.9 Å². The van der Waals surface area contributed by atoms with Crippen LogP contribution in [0.5, 0.6) is 5.75 Å². The molecule has 1 aliphatic heterocycles. The van der Waals surface area contributed by atoms with Crippen LogP contribution in [0.1, 0.15) is 66.9 Å². The van der Waals surface area contributed by atoms with Crippen molar-refractivity contribution in [2.45, 2.75) is 51.9 Å². The van der Waals surface area contributed by atoms with Crippen LogP contribution >= 0.6 is 0 Å². The Morgan fingerprint density at radius 2 is 1.85 bits per heavy atom. The van der Waals surface area contributed by atoms with E-state index < -0.39 is 0 Å². The molecule has 1 fully saturated rings. The van der Waals surface area contributed by atoms with E-state index in [9.17, 15) is 9.59 Å². The van der Waals surface area contributed by atoms with Crippen LogP contribution in [0, 0.1) is 5.92 Å². The molecule has 0 saturated carbocycles. The van der Waals surface area contributed by atoms with Gasteiger partial charge in [0.2, 0.25) is 5.91 Å². The summed E-state index contributed by atoms with van der Waals surface area (Å²) >= 11 is 0. The second-order valence-corrected chi connectivity index (χ2v) is 9.51. The molecule has 0 spiro atoms. The van der Waals surface area contributed by atoms with E-state index in [4.69, 9.17) is 4.74 Å². The van der Waals surface area contributed by atoms with Crippen molar-refractivity contribution in [3.8, 4) is 5.75 Å². The molecule has 176 valence electrons. The fourth-order valence-electron chi connectivity index (χ4n) is 5.23. The van der Waals surface area contributed by atoms with Gasteiger partial charge in [-0.15, -0.1) is 0 Å². The summed E-state index contributed by atoms with van der Waals surface area (Å²) in [4.78, 5) is 28.1. The number of ketones is 1. The van der Waals surface area contributed by atoms with Gasteiger partial charge in [0, 0.05) is 37.6 Å². The lowest BCUT2D eigenvalue weighted by molar-refractivity contribution is -0.116. The van der Waals surface area contributed by atoms with Gasteiger partial charge >= 0.3 is 0 Å². The van der Waals surface area contributed by atoms with Gasteiger partial charge < -0.3 is 14.5 Å². The van der Waals surface area contributed by atoms with Gasteiger partial charge in [-0.2, -0.15) is 0 Å². The molecule has 2 aliphatic rings. The molecule has 1 saturated heterocycles. The molecule has 0 N–H and O–H groups in total. The molecule has 33 heavy (non-hydrogen) atoms. The lowest BCUT2D eigenvalue weighted by atomic mass is 9.83. The molecule has 1 amide bonds. The maximum atomic E-state index is 12.1. The van der Waals surface area contributed by atoms with Gasteiger partial charge in [0.1, 0.15) is 5.75 Å². The maximum Gasteiger partial charge on any atom is 0.223 e. The minimum absolute atomic E-state index is 0.0338. The zero-order chi connectivity index (χ0) is 23.4. The molecular formula is C28H36N2O3. The van der Waals surface area contributed by atoms with E-state index in [1.54, 1.807) is 11.8 Å². The number of likely N-dealkylation sites (tertiary alicyclic amines) is 1. The smallest absolute Gasteiger partial charge is 0.223 e. The first kappa shape index (κ1) is 23.5. The predicted octanol–water partition coefficient (Wildman–Crippen LogP) is 5.08. The lowest BCUT2D eigenvalue weighted by Gasteiger charge is -2.26. The molecule has 0 bridgehead atoms. The summed E-state index contributed by atoms with van der Waals surface area (Å²) in [5.74, 6) is 1.86. The first-order chi connectivity index (χ1) is 16.0. The highest BCUT2D eigenvalue weighted by atomic mass is 16.5. The normalized spacial score (nSPS) is 20.9. The number of ether oxygens (including phenoxy) is 1. The Kier molecular flexibility index (Phi) is 7.49. The lowest BCUT2D eigenvalue weighted by Crippen LogP contribution is -2.25. The largest absolute Gasteiger partial charge is 0.493 e. The zero-order valence-electron chi connectivity index (χ0n) is 20.2. The van der Waals surface area contributed by atoms with Gasteiger partial charge in [0.05, 0.1) is 6.61 Å². The minimum Gasteiger partial charge on any atom is -0.493 e. The van der Waals surface area contributed by atoms with E-state index >= 15 is 0 Å². The van der Waals surface area contributed by atoms with Crippen molar-refractivity contribution in [1.82, 2.24) is 4.90 Å². The van der Waals surface area contributed by atoms with Crippen LogP contribution in [0.3, 0.4) is 0 Å².